The zero-order valence-corrected chi connectivity index (χ0v) is 9.24. The molecule has 1 aromatic rings. The van der Waals surface area contributed by atoms with Crippen LogP contribution in [0.25, 0.3) is 0 Å². The maximum absolute atomic E-state index is 9.86. The Labute approximate surface area is 95.1 Å². The summed E-state index contributed by atoms with van der Waals surface area (Å²) < 4.78 is 0. The van der Waals surface area contributed by atoms with E-state index in [1.807, 2.05) is 6.07 Å². The summed E-state index contributed by atoms with van der Waals surface area (Å²) in [5, 5.41) is 22.9. The molecule has 2 atom stereocenters. The van der Waals surface area contributed by atoms with E-state index in [9.17, 15) is 10.2 Å². The van der Waals surface area contributed by atoms with E-state index in [4.69, 9.17) is 0 Å². The molecule has 0 spiro atoms. The molecule has 0 bridgehead atoms. The van der Waals surface area contributed by atoms with E-state index in [2.05, 4.69) is 5.32 Å². The molecule has 0 aromatic heterocycles. The second-order valence-corrected chi connectivity index (χ2v) is 4.94. The first-order valence-corrected chi connectivity index (χ1v) is 6.02. The zero-order chi connectivity index (χ0) is 11.1. The highest BCUT2D eigenvalue weighted by molar-refractivity contribution is 5.50. The molecule has 16 heavy (non-hydrogen) atoms. The van der Waals surface area contributed by atoms with Crippen LogP contribution in [0.1, 0.15) is 24.0 Å². The van der Waals surface area contributed by atoms with Crippen molar-refractivity contribution >= 4 is 0 Å². The van der Waals surface area contributed by atoms with Gasteiger partial charge in [0.15, 0.2) is 11.5 Å². The number of nitrogens with one attached hydrogen (secondary N) is 1. The third-order valence-electron chi connectivity index (χ3n) is 3.99. The van der Waals surface area contributed by atoms with Crippen molar-refractivity contribution in [1.82, 2.24) is 5.32 Å². The summed E-state index contributed by atoms with van der Waals surface area (Å²) >= 11 is 0. The Morgan fingerprint density at radius 1 is 1.19 bits per heavy atom. The Balaban J connectivity index is 1.98. The Kier molecular flexibility index (Phi) is 2.28. The number of hydrogen-bond acceptors (Lipinski definition) is 3. The van der Waals surface area contributed by atoms with E-state index in [0.29, 0.717) is 12.0 Å². The first-order chi connectivity index (χ1) is 7.75. The number of phenolic OH excluding ortho intramolecular Hbond substituents is 2. The van der Waals surface area contributed by atoms with Gasteiger partial charge in [0.25, 0.3) is 0 Å². The van der Waals surface area contributed by atoms with Gasteiger partial charge in [0, 0.05) is 11.6 Å². The molecule has 3 heteroatoms. The number of fused-ring (bicyclic) bond motifs is 2. The molecule has 1 aliphatic heterocycles. The predicted octanol–water partition coefficient (Wildman–Crippen LogP) is 1.56. The van der Waals surface area contributed by atoms with Crippen molar-refractivity contribution < 1.29 is 10.2 Å². The highest BCUT2D eigenvalue weighted by Crippen LogP contribution is 2.39. The lowest BCUT2D eigenvalue weighted by Gasteiger charge is -2.37. The minimum Gasteiger partial charge on any atom is -0.504 e. The average molecular weight is 219 g/mol. The average Bonchev–Trinajstić information content (AvgIpc) is 2.32. The molecule has 1 heterocycles. The van der Waals surface area contributed by atoms with Gasteiger partial charge in [-0.05, 0) is 49.8 Å². The number of hydrogen-bond donors (Lipinski definition) is 3. The summed E-state index contributed by atoms with van der Waals surface area (Å²) in [5.74, 6) is 0.733. The van der Waals surface area contributed by atoms with Crippen LogP contribution in [0, 0.1) is 5.92 Å². The lowest BCUT2D eigenvalue weighted by Crippen LogP contribution is -2.45. The van der Waals surface area contributed by atoms with E-state index in [0.717, 1.165) is 24.9 Å². The summed E-state index contributed by atoms with van der Waals surface area (Å²) in [7, 11) is 0. The normalized spacial score (nSPS) is 28.2. The van der Waals surface area contributed by atoms with Gasteiger partial charge in [-0.15, -0.1) is 0 Å². The van der Waals surface area contributed by atoms with Crippen molar-refractivity contribution in [3.05, 3.63) is 23.3 Å². The minimum atomic E-state index is 0.0148. The summed E-state index contributed by atoms with van der Waals surface area (Å²) in [6.45, 7) is 1.11. The number of phenols is 2. The van der Waals surface area contributed by atoms with Crippen LogP contribution < -0.4 is 5.32 Å². The highest BCUT2D eigenvalue weighted by atomic mass is 16.3. The smallest absolute Gasteiger partial charge is 0.160 e. The van der Waals surface area contributed by atoms with Gasteiger partial charge in [-0.1, -0.05) is 6.07 Å². The molecule has 0 amide bonds. The summed E-state index contributed by atoms with van der Waals surface area (Å²) in [6.07, 6.45) is 4.32. The molecule has 2 unspecified atom stereocenters. The largest absolute Gasteiger partial charge is 0.504 e. The fourth-order valence-electron chi connectivity index (χ4n) is 3.09. The molecule has 86 valence electrons. The molecule has 3 nitrogen and oxygen atoms in total. The molecule has 3 rings (SSSR count). The SMILES string of the molecule is Oc1ccc2c(c1O)CC1CCCNC1C2. The van der Waals surface area contributed by atoms with Crippen LogP contribution in [-0.2, 0) is 12.8 Å². The third kappa shape index (κ3) is 1.47. The van der Waals surface area contributed by atoms with Crippen molar-refractivity contribution in [2.45, 2.75) is 31.7 Å². The number of piperidine rings is 1. The van der Waals surface area contributed by atoms with Crippen LogP contribution in [0.4, 0.5) is 0 Å². The first-order valence-electron chi connectivity index (χ1n) is 6.02. The van der Waals surface area contributed by atoms with Crippen LogP contribution in [0.3, 0.4) is 0 Å². The van der Waals surface area contributed by atoms with E-state index in [-0.39, 0.29) is 11.5 Å². The molecule has 0 saturated carbocycles. The predicted molar refractivity (Wildman–Crippen MR) is 61.7 cm³/mol. The highest BCUT2D eigenvalue weighted by Gasteiger charge is 2.32. The Morgan fingerprint density at radius 2 is 2.06 bits per heavy atom. The van der Waals surface area contributed by atoms with Gasteiger partial charge >= 0.3 is 0 Å². The maximum atomic E-state index is 9.86. The molecule has 2 aliphatic rings. The molecular weight excluding hydrogens is 202 g/mol. The fourth-order valence-corrected chi connectivity index (χ4v) is 3.09. The molecule has 1 saturated heterocycles. The van der Waals surface area contributed by atoms with Gasteiger partial charge in [-0.25, -0.2) is 0 Å². The lowest BCUT2D eigenvalue weighted by molar-refractivity contribution is 0.259. The fraction of sp³-hybridized carbons (Fsp3) is 0.538. The topological polar surface area (TPSA) is 52.5 Å². The van der Waals surface area contributed by atoms with E-state index >= 15 is 0 Å². The van der Waals surface area contributed by atoms with Crippen molar-refractivity contribution in [2.75, 3.05) is 6.54 Å². The summed E-state index contributed by atoms with van der Waals surface area (Å²) in [6, 6.07) is 4.10. The third-order valence-corrected chi connectivity index (χ3v) is 3.99. The number of rotatable bonds is 0. The Hall–Kier alpha value is -1.22. The van der Waals surface area contributed by atoms with Gasteiger partial charge in [0.2, 0.25) is 0 Å². The van der Waals surface area contributed by atoms with Crippen LogP contribution in [0.15, 0.2) is 12.1 Å². The number of benzene rings is 1. The van der Waals surface area contributed by atoms with Crippen molar-refractivity contribution in [3.8, 4) is 11.5 Å². The molecule has 1 fully saturated rings. The van der Waals surface area contributed by atoms with Crippen LogP contribution >= 0.6 is 0 Å². The van der Waals surface area contributed by atoms with E-state index in [1.54, 1.807) is 6.07 Å². The standard InChI is InChI=1S/C13H17NO2/c15-12-4-3-8-7-11-9(2-1-5-14-11)6-10(8)13(12)16/h3-4,9,11,14-16H,1-2,5-7H2. The number of aromatic hydroxyl groups is 2. The Morgan fingerprint density at radius 3 is 2.94 bits per heavy atom. The molecular formula is C13H17NO2. The quantitative estimate of drug-likeness (QED) is 0.580. The van der Waals surface area contributed by atoms with Crippen molar-refractivity contribution in [1.29, 1.82) is 0 Å². The second kappa shape index (κ2) is 3.67. The summed E-state index contributed by atoms with van der Waals surface area (Å²) in [5.41, 5.74) is 2.15. The lowest BCUT2D eigenvalue weighted by atomic mass is 9.76. The molecule has 0 radical (unpaired) electrons. The molecule has 1 aromatic carbocycles. The summed E-state index contributed by atoms with van der Waals surface area (Å²) in [4.78, 5) is 0. The van der Waals surface area contributed by atoms with E-state index in [1.165, 1.54) is 18.4 Å². The zero-order valence-electron chi connectivity index (χ0n) is 9.24. The van der Waals surface area contributed by atoms with E-state index < -0.39 is 0 Å². The first kappa shape index (κ1) is 9.97. The van der Waals surface area contributed by atoms with Gasteiger partial charge in [-0.3, -0.25) is 0 Å². The maximum Gasteiger partial charge on any atom is 0.160 e. The monoisotopic (exact) mass is 219 g/mol. The van der Waals surface area contributed by atoms with Crippen LogP contribution in [-0.4, -0.2) is 22.8 Å². The van der Waals surface area contributed by atoms with Gasteiger partial charge in [0.1, 0.15) is 0 Å². The van der Waals surface area contributed by atoms with Gasteiger partial charge in [0.05, 0.1) is 0 Å². The van der Waals surface area contributed by atoms with Gasteiger partial charge in [-0.2, -0.15) is 0 Å². The van der Waals surface area contributed by atoms with Crippen molar-refractivity contribution in [2.24, 2.45) is 5.92 Å². The minimum absolute atomic E-state index is 0.0148. The second-order valence-electron chi connectivity index (χ2n) is 4.94. The molecule has 1 aliphatic carbocycles. The molecule has 3 N–H and O–H groups in total. The van der Waals surface area contributed by atoms with Crippen LogP contribution in [0.5, 0.6) is 11.5 Å². The van der Waals surface area contributed by atoms with Crippen molar-refractivity contribution in [3.63, 3.8) is 0 Å². The van der Waals surface area contributed by atoms with Crippen LogP contribution in [0.2, 0.25) is 0 Å². The Bertz CT molecular complexity index is 417. The van der Waals surface area contributed by atoms with Gasteiger partial charge < -0.3 is 15.5 Å².